The van der Waals surface area contributed by atoms with E-state index in [9.17, 15) is 9.36 Å². The topological polar surface area (TPSA) is 84.9 Å². The van der Waals surface area contributed by atoms with Gasteiger partial charge in [0.2, 0.25) is 0 Å². The molecule has 0 aliphatic carbocycles. The van der Waals surface area contributed by atoms with E-state index in [1.54, 1.807) is 27.7 Å². The quantitative estimate of drug-likeness (QED) is 0.655. The molecule has 0 saturated carbocycles. The van der Waals surface area contributed by atoms with Crippen molar-refractivity contribution in [3.63, 3.8) is 0 Å². The average Bonchev–Trinajstić information content (AvgIpc) is 2.11. The monoisotopic (exact) mass is 267 g/mol. The molecule has 17 heavy (non-hydrogen) atoms. The van der Waals surface area contributed by atoms with Gasteiger partial charge in [0.15, 0.2) is 0 Å². The van der Waals surface area contributed by atoms with Crippen molar-refractivity contribution in [2.45, 2.75) is 52.9 Å². The number of carbonyl (C=O) groups is 1. The summed E-state index contributed by atoms with van der Waals surface area (Å²) in [5.41, 5.74) is 0. The van der Waals surface area contributed by atoms with E-state index >= 15 is 0 Å². The fourth-order valence-corrected chi connectivity index (χ4v) is 3.06. The third-order valence-corrected chi connectivity index (χ3v) is 3.76. The van der Waals surface area contributed by atoms with Crippen LogP contribution in [0, 0.1) is 0 Å². The maximum Gasteiger partial charge on any atom is 0.344 e. The van der Waals surface area contributed by atoms with Gasteiger partial charge in [-0.15, -0.1) is 0 Å². The zero-order valence-corrected chi connectivity index (χ0v) is 11.9. The van der Waals surface area contributed by atoms with Crippen molar-refractivity contribution in [2.75, 3.05) is 6.29 Å². The maximum atomic E-state index is 12.3. The predicted molar refractivity (Wildman–Crippen MR) is 65.1 cm³/mol. The van der Waals surface area contributed by atoms with Crippen LogP contribution in [0.25, 0.3) is 0 Å². The summed E-state index contributed by atoms with van der Waals surface area (Å²) in [5, 5.41) is 11.3. The highest BCUT2D eigenvalue weighted by atomic mass is 31.2. The summed E-state index contributed by atoms with van der Waals surface area (Å²) in [7, 11) is -3.30. The molecule has 0 fully saturated rings. The zero-order valence-electron chi connectivity index (χ0n) is 11.0. The molecule has 1 unspecified atom stereocenters. The summed E-state index contributed by atoms with van der Waals surface area (Å²) in [4.78, 5) is 10.6. The van der Waals surface area contributed by atoms with Crippen LogP contribution in [0.5, 0.6) is 0 Å². The molecule has 7 heteroatoms. The Morgan fingerprint density at radius 3 is 1.88 bits per heavy atom. The van der Waals surface area contributed by atoms with Crippen molar-refractivity contribution in [1.29, 1.82) is 0 Å². The van der Waals surface area contributed by atoms with E-state index < -0.39 is 19.6 Å². The van der Waals surface area contributed by atoms with Crippen LogP contribution < -0.4 is 5.32 Å². The van der Waals surface area contributed by atoms with Crippen LogP contribution in [0.3, 0.4) is 0 Å². The normalized spacial score (nSPS) is 14.3. The minimum atomic E-state index is -3.30. The highest BCUT2D eigenvalue weighted by molar-refractivity contribution is 7.53. The first-order valence-electron chi connectivity index (χ1n) is 5.58. The van der Waals surface area contributed by atoms with E-state index in [4.69, 9.17) is 14.2 Å². The first kappa shape index (κ1) is 16.6. The van der Waals surface area contributed by atoms with Gasteiger partial charge in [-0.2, -0.15) is 0 Å². The van der Waals surface area contributed by atoms with Gasteiger partial charge < -0.3 is 14.2 Å². The minimum Gasteiger partial charge on any atom is -0.480 e. The number of nitrogens with one attached hydrogen (secondary N) is 1. The van der Waals surface area contributed by atoms with Crippen LogP contribution in [-0.4, -0.2) is 35.6 Å². The Hall–Kier alpha value is -0.420. The SMILES string of the molecule is CC(C)OP(=O)(CNC(C)C(=O)O)OC(C)C. The van der Waals surface area contributed by atoms with Crippen LogP contribution in [0.4, 0.5) is 0 Å². The maximum absolute atomic E-state index is 12.3. The first-order valence-corrected chi connectivity index (χ1v) is 7.31. The van der Waals surface area contributed by atoms with Crippen molar-refractivity contribution in [3.8, 4) is 0 Å². The molecule has 0 aromatic rings. The van der Waals surface area contributed by atoms with Crippen molar-refractivity contribution >= 4 is 13.6 Å². The van der Waals surface area contributed by atoms with Gasteiger partial charge in [-0.3, -0.25) is 14.7 Å². The fourth-order valence-electron chi connectivity index (χ4n) is 1.08. The standard InChI is InChI=1S/C10H22NO5P/c1-7(2)15-17(14,16-8(3)4)6-11-9(5)10(12)13/h7-9,11H,6H2,1-5H3,(H,12,13). The van der Waals surface area contributed by atoms with Gasteiger partial charge in [0.05, 0.1) is 18.5 Å². The summed E-state index contributed by atoms with van der Waals surface area (Å²) in [6.45, 7) is 8.46. The third-order valence-electron chi connectivity index (χ3n) is 1.70. The lowest BCUT2D eigenvalue weighted by molar-refractivity contribution is -0.138. The predicted octanol–water partition coefficient (Wildman–Crippen LogP) is 2.05. The second kappa shape index (κ2) is 7.11. The third kappa shape index (κ3) is 7.49. The molecule has 0 bridgehead atoms. The Labute approximate surface area is 102 Å². The molecule has 0 rings (SSSR count). The Morgan fingerprint density at radius 1 is 1.18 bits per heavy atom. The molecular formula is C10H22NO5P. The van der Waals surface area contributed by atoms with Crippen molar-refractivity contribution in [2.24, 2.45) is 0 Å². The number of carboxylic acids is 1. The van der Waals surface area contributed by atoms with Crippen LogP contribution in [-0.2, 0) is 18.4 Å². The molecule has 0 heterocycles. The molecule has 0 radical (unpaired) electrons. The molecule has 1 atom stereocenters. The van der Waals surface area contributed by atoms with Crippen LogP contribution in [0.15, 0.2) is 0 Å². The summed E-state index contributed by atoms with van der Waals surface area (Å²) in [6.07, 6.45) is -0.611. The molecule has 0 aliphatic heterocycles. The Kier molecular flexibility index (Phi) is 6.94. The smallest absolute Gasteiger partial charge is 0.344 e. The van der Waals surface area contributed by atoms with Crippen molar-refractivity contribution in [1.82, 2.24) is 5.32 Å². The van der Waals surface area contributed by atoms with Gasteiger partial charge in [-0.1, -0.05) is 0 Å². The lowest BCUT2D eigenvalue weighted by atomic mass is 10.4. The number of hydrogen-bond donors (Lipinski definition) is 2. The summed E-state index contributed by atoms with van der Waals surface area (Å²) in [5.74, 6) is -1.01. The molecule has 0 amide bonds. The van der Waals surface area contributed by atoms with Gasteiger partial charge in [0, 0.05) is 0 Å². The van der Waals surface area contributed by atoms with Crippen molar-refractivity contribution in [3.05, 3.63) is 0 Å². The van der Waals surface area contributed by atoms with Gasteiger partial charge in [0.25, 0.3) is 0 Å². The Balaban J connectivity index is 4.49. The van der Waals surface area contributed by atoms with Crippen LogP contribution in [0.1, 0.15) is 34.6 Å². The Morgan fingerprint density at radius 2 is 1.59 bits per heavy atom. The van der Waals surface area contributed by atoms with E-state index in [1.807, 2.05) is 0 Å². The van der Waals surface area contributed by atoms with E-state index in [2.05, 4.69) is 5.32 Å². The van der Waals surface area contributed by atoms with Crippen LogP contribution in [0.2, 0.25) is 0 Å². The van der Waals surface area contributed by atoms with Crippen molar-refractivity contribution < 1.29 is 23.5 Å². The molecule has 2 N–H and O–H groups in total. The van der Waals surface area contributed by atoms with Gasteiger partial charge in [-0.05, 0) is 34.6 Å². The van der Waals surface area contributed by atoms with Gasteiger partial charge in [0.1, 0.15) is 6.04 Å². The molecule has 0 spiro atoms. The summed E-state index contributed by atoms with van der Waals surface area (Å²) in [6, 6.07) is -0.796. The number of carboxylic acid groups (broad SMARTS) is 1. The van der Waals surface area contributed by atoms with E-state index in [0.717, 1.165) is 0 Å². The molecular weight excluding hydrogens is 245 g/mol. The van der Waals surface area contributed by atoms with E-state index in [-0.39, 0.29) is 18.5 Å². The summed E-state index contributed by atoms with van der Waals surface area (Å²) >= 11 is 0. The molecule has 0 saturated heterocycles. The molecule has 0 aromatic carbocycles. The average molecular weight is 267 g/mol. The second-order valence-corrected chi connectivity index (χ2v) is 6.30. The first-order chi connectivity index (χ1) is 7.66. The largest absolute Gasteiger partial charge is 0.480 e. The van der Waals surface area contributed by atoms with Gasteiger partial charge in [-0.25, -0.2) is 0 Å². The molecule has 0 aromatic heterocycles. The van der Waals surface area contributed by atoms with Gasteiger partial charge >= 0.3 is 13.6 Å². The fraction of sp³-hybridized carbons (Fsp3) is 0.900. The molecule has 0 aliphatic rings. The Bertz CT molecular complexity index is 278. The lowest BCUT2D eigenvalue weighted by Crippen LogP contribution is -2.35. The minimum absolute atomic E-state index is 0.114. The molecule has 102 valence electrons. The summed E-state index contributed by atoms with van der Waals surface area (Å²) < 4.78 is 22.8. The zero-order chi connectivity index (χ0) is 13.6. The van der Waals surface area contributed by atoms with Crippen LogP contribution >= 0.6 is 7.60 Å². The number of rotatable bonds is 8. The number of aliphatic carboxylic acids is 1. The lowest BCUT2D eigenvalue weighted by Gasteiger charge is -2.23. The van der Waals surface area contributed by atoms with E-state index in [0.29, 0.717) is 0 Å². The number of hydrogen-bond acceptors (Lipinski definition) is 5. The van der Waals surface area contributed by atoms with E-state index in [1.165, 1.54) is 6.92 Å². The molecule has 6 nitrogen and oxygen atoms in total. The highest BCUT2D eigenvalue weighted by Crippen LogP contribution is 2.49. The highest BCUT2D eigenvalue weighted by Gasteiger charge is 2.28. The second-order valence-electron chi connectivity index (χ2n) is 4.34.